The van der Waals surface area contributed by atoms with E-state index in [0.29, 0.717) is 5.75 Å². The van der Waals surface area contributed by atoms with Crippen LogP contribution in [-0.2, 0) is 0 Å². The Morgan fingerprint density at radius 3 is 1.85 bits per heavy atom. The van der Waals surface area contributed by atoms with E-state index in [1.165, 1.54) is 10.9 Å². The van der Waals surface area contributed by atoms with E-state index in [1.807, 2.05) is 12.1 Å². The first-order valence-corrected chi connectivity index (χ1v) is 5.08. The van der Waals surface area contributed by atoms with E-state index >= 15 is 0 Å². The molecule has 0 amide bonds. The van der Waals surface area contributed by atoms with Crippen molar-refractivity contribution in [2.45, 2.75) is 26.5 Å². The molecule has 3 heteroatoms. The van der Waals surface area contributed by atoms with E-state index in [1.54, 1.807) is 0 Å². The van der Waals surface area contributed by atoms with E-state index < -0.39 is 0 Å². The molecule has 0 spiro atoms. The van der Waals surface area contributed by atoms with Crippen LogP contribution < -0.4 is 10.9 Å². The van der Waals surface area contributed by atoms with Gasteiger partial charge in [0.2, 0.25) is 0 Å². The van der Waals surface area contributed by atoms with Gasteiger partial charge in [0.1, 0.15) is 5.75 Å². The maximum atomic E-state index is 9.45. The molecule has 0 unspecified atom stereocenters. The number of rotatable bonds is 4. The lowest BCUT2D eigenvalue weighted by atomic mass is 9.62. The van der Waals surface area contributed by atoms with Gasteiger partial charge in [-0.2, -0.15) is 0 Å². The Bertz CT molecular complexity index is 249. The third kappa shape index (κ3) is 3.17. The number of hydrogen-bond acceptors (Lipinski definition) is 1. The lowest BCUT2D eigenvalue weighted by Gasteiger charge is -2.03. The summed E-state index contributed by atoms with van der Waals surface area (Å²) < 4.78 is 0. The van der Waals surface area contributed by atoms with Gasteiger partial charge in [-0.15, -0.1) is 0 Å². The van der Waals surface area contributed by atoms with Gasteiger partial charge in [-0.1, -0.05) is 43.5 Å². The van der Waals surface area contributed by atoms with Gasteiger partial charge >= 0.3 is 0 Å². The molecule has 1 rings (SSSR count). The summed E-state index contributed by atoms with van der Waals surface area (Å²) in [6, 6.07) is 5.93. The Hall–Kier alpha value is -0.850. The largest absolute Gasteiger partial charge is 0.508 e. The highest BCUT2D eigenvalue weighted by Gasteiger charge is 2.00. The highest BCUT2D eigenvalue weighted by molar-refractivity contribution is 6.57. The van der Waals surface area contributed by atoms with Gasteiger partial charge in [0.15, 0.2) is 14.6 Å². The third-order valence-electron chi connectivity index (χ3n) is 2.11. The first kappa shape index (κ1) is 10.2. The topological polar surface area (TPSA) is 20.2 Å². The van der Waals surface area contributed by atoms with Crippen molar-refractivity contribution < 1.29 is 5.11 Å². The fourth-order valence-electron chi connectivity index (χ4n) is 1.61. The second-order valence-corrected chi connectivity index (χ2v) is 3.51. The van der Waals surface area contributed by atoms with E-state index in [4.69, 9.17) is 0 Å². The monoisotopic (exact) mass is 174 g/mol. The van der Waals surface area contributed by atoms with Gasteiger partial charge in [0, 0.05) is 0 Å². The van der Waals surface area contributed by atoms with Crippen LogP contribution in [0.5, 0.6) is 5.75 Å². The van der Waals surface area contributed by atoms with Crippen molar-refractivity contribution in [3.05, 3.63) is 18.2 Å². The van der Waals surface area contributed by atoms with Crippen molar-refractivity contribution in [3.8, 4) is 5.75 Å². The minimum absolute atomic E-state index is 0.411. The molecule has 0 aromatic heterocycles. The second-order valence-electron chi connectivity index (χ2n) is 3.51. The Morgan fingerprint density at radius 1 is 1.00 bits per heavy atom. The van der Waals surface area contributed by atoms with Crippen molar-refractivity contribution in [3.63, 3.8) is 0 Å². The summed E-state index contributed by atoms with van der Waals surface area (Å²) in [5, 5.41) is 9.45. The molecule has 1 N–H and O–H groups in total. The fraction of sp³-hybridized carbons (Fsp3) is 0.400. The SMILES string of the molecule is CCBc1cc(O)cc(BCC)c1. The lowest BCUT2D eigenvalue weighted by molar-refractivity contribution is 0.476. The smallest absolute Gasteiger partial charge is 0.157 e. The summed E-state index contributed by atoms with van der Waals surface area (Å²) in [5.41, 5.74) is 2.51. The molecule has 68 valence electrons. The van der Waals surface area contributed by atoms with Gasteiger partial charge in [-0.25, -0.2) is 0 Å². The van der Waals surface area contributed by atoms with Gasteiger partial charge < -0.3 is 5.11 Å². The van der Waals surface area contributed by atoms with Gasteiger partial charge in [0.05, 0.1) is 0 Å². The zero-order chi connectivity index (χ0) is 9.68. The molecule has 0 radical (unpaired) electrons. The molecule has 0 bridgehead atoms. The van der Waals surface area contributed by atoms with Crippen LogP contribution in [0, 0.1) is 0 Å². The van der Waals surface area contributed by atoms with Gasteiger partial charge in [0.25, 0.3) is 0 Å². The molecule has 0 heterocycles. The van der Waals surface area contributed by atoms with E-state index in [9.17, 15) is 5.11 Å². The molecular weight excluding hydrogens is 158 g/mol. The summed E-state index contributed by atoms with van der Waals surface area (Å²) in [6.45, 7) is 4.31. The quantitative estimate of drug-likeness (QED) is 0.654. The molecule has 0 aliphatic heterocycles. The van der Waals surface area contributed by atoms with Crippen LogP contribution in [-0.4, -0.2) is 19.7 Å². The molecule has 0 fully saturated rings. The highest BCUT2D eigenvalue weighted by Crippen LogP contribution is 2.01. The summed E-state index contributed by atoms with van der Waals surface area (Å²) in [7, 11) is 2.12. The van der Waals surface area contributed by atoms with Crippen molar-refractivity contribution in [2.24, 2.45) is 0 Å². The predicted molar refractivity (Wildman–Crippen MR) is 62.6 cm³/mol. The molecule has 0 aliphatic rings. The first-order valence-electron chi connectivity index (χ1n) is 5.08. The normalized spacial score (nSPS) is 9.69. The maximum Gasteiger partial charge on any atom is 0.157 e. The predicted octanol–water partition coefficient (Wildman–Crippen LogP) is 0.392. The highest BCUT2D eigenvalue weighted by atomic mass is 16.3. The van der Waals surface area contributed by atoms with Gasteiger partial charge in [-0.05, 0) is 12.1 Å². The molecule has 1 aromatic rings. The Balaban J connectivity index is 2.83. The number of hydrogen-bond donors (Lipinski definition) is 1. The van der Waals surface area contributed by atoms with E-state index in [-0.39, 0.29) is 0 Å². The fourth-order valence-corrected chi connectivity index (χ4v) is 1.61. The average Bonchev–Trinajstić information content (AvgIpc) is 2.04. The summed E-state index contributed by atoms with van der Waals surface area (Å²) in [4.78, 5) is 0. The number of aromatic hydroxyl groups is 1. The van der Waals surface area contributed by atoms with Crippen molar-refractivity contribution in [1.29, 1.82) is 0 Å². The van der Waals surface area contributed by atoms with Crippen LogP contribution in [0.3, 0.4) is 0 Å². The summed E-state index contributed by atoms with van der Waals surface area (Å²) >= 11 is 0. The minimum Gasteiger partial charge on any atom is -0.508 e. The van der Waals surface area contributed by atoms with E-state index in [0.717, 1.165) is 27.2 Å². The number of benzene rings is 1. The van der Waals surface area contributed by atoms with Crippen LogP contribution in [0.4, 0.5) is 0 Å². The number of phenolic OH excluding ortho intramolecular Hbond substituents is 1. The second kappa shape index (κ2) is 5.00. The zero-order valence-electron chi connectivity index (χ0n) is 8.51. The summed E-state index contributed by atoms with van der Waals surface area (Å²) in [5.74, 6) is 0.411. The minimum atomic E-state index is 0.411. The van der Waals surface area contributed by atoms with Crippen LogP contribution >= 0.6 is 0 Å². The Morgan fingerprint density at radius 2 is 1.46 bits per heavy atom. The Kier molecular flexibility index (Phi) is 3.94. The van der Waals surface area contributed by atoms with Gasteiger partial charge in [-0.3, -0.25) is 0 Å². The molecule has 13 heavy (non-hydrogen) atoms. The molecule has 0 saturated heterocycles. The molecule has 1 nitrogen and oxygen atoms in total. The van der Waals surface area contributed by atoms with Crippen molar-refractivity contribution in [2.75, 3.05) is 0 Å². The molecule has 0 atom stereocenters. The third-order valence-corrected chi connectivity index (χ3v) is 2.11. The average molecular weight is 174 g/mol. The van der Waals surface area contributed by atoms with Crippen molar-refractivity contribution in [1.82, 2.24) is 0 Å². The summed E-state index contributed by atoms with van der Waals surface area (Å²) in [6.07, 6.45) is 2.27. The Labute approximate surface area is 81.7 Å². The van der Waals surface area contributed by atoms with Crippen LogP contribution in [0.15, 0.2) is 18.2 Å². The van der Waals surface area contributed by atoms with Crippen LogP contribution in [0.1, 0.15) is 13.8 Å². The van der Waals surface area contributed by atoms with Crippen molar-refractivity contribution >= 4 is 25.5 Å². The van der Waals surface area contributed by atoms with Crippen LogP contribution in [0.25, 0.3) is 0 Å². The molecule has 0 aliphatic carbocycles. The zero-order valence-corrected chi connectivity index (χ0v) is 8.51. The lowest BCUT2D eigenvalue weighted by Crippen LogP contribution is -2.22. The molecule has 1 aromatic carbocycles. The molecular formula is C10H16B2O. The standard InChI is InChI=1S/C10H16B2O/c1-3-11-8-5-9(12-4-2)7-10(13)6-8/h5-7,11-13H,3-4H2,1-2H3. The molecule has 0 saturated carbocycles. The number of phenols is 1. The van der Waals surface area contributed by atoms with E-state index in [2.05, 4.69) is 19.9 Å². The van der Waals surface area contributed by atoms with Crippen LogP contribution in [0.2, 0.25) is 12.6 Å². The maximum absolute atomic E-state index is 9.45. The first-order chi connectivity index (χ1) is 6.26.